The highest BCUT2D eigenvalue weighted by Gasteiger charge is 2.20. The molecule has 1 unspecified atom stereocenters. The quantitative estimate of drug-likeness (QED) is 0.681. The largest absolute Gasteiger partial charge is 0.384 e. The fraction of sp³-hybridized carbons (Fsp3) is 0.400. The zero-order valence-electron chi connectivity index (χ0n) is 7.46. The third-order valence-electron chi connectivity index (χ3n) is 2.53. The van der Waals surface area contributed by atoms with Crippen molar-refractivity contribution in [2.24, 2.45) is 5.11 Å². The summed E-state index contributed by atoms with van der Waals surface area (Å²) in [7, 11) is 0. The van der Waals surface area contributed by atoms with Crippen LogP contribution in [0.1, 0.15) is 17.9 Å². The first-order chi connectivity index (χ1) is 6.42. The van der Waals surface area contributed by atoms with Gasteiger partial charge in [-0.25, -0.2) is 5.53 Å². The van der Waals surface area contributed by atoms with E-state index < -0.39 is 0 Å². The summed E-state index contributed by atoms with van der Waals surface area (Å²) in [5, 5.41) is 6.75. The predicted molar refractivity (Wildman–Crippen MR) is 52.3 cm³/mol. The summed E-state index contributed by atoms with van der Waals surface area (Å²) in [5.41, 5.74) is 9.38. The molecule has 0 spiro atoms. The van der Waals surface area contributed by atoms with Crippen molar-refractivity contribution in [1.29, 1.82) is 5.53 Å². The first kappa shape index (κ1) is 8.23. The van der Waals surface area contributed by atoms with Crippen molar-refractivity contribution in [3.05, 3.63) is 29.8 Å². The maximum absolute atomic E-state index is 6.76. The van der Waals surface area contributed by atoms with Crippen LogP contribution in [0.15, 0.2) is 29.4 Å². The van der Waals surface area contributed by atoms with Gasteiger partial charge < -0.3 is 5.32 Å². The summed E-state index contributed by atoms with van der Waals surface area (Å²) in [6, 6.07) is 8.37. The lowest BCUT2D eigenvalue weighted by atomic mass is 9.98. The Morgan fingerprint density at radius 1 is 1.46 bits per heavy atom. The summed E-state index contributed by atoms with van der Waals surface area (Å²) in [5.74, 6) is 0.547. The molecule has 13 heavy (non-hydrogen) atoms. The molecule has 1 aliphatic heterocycles. The Morgan fingerprint density at radius 3 is 3.15 bits per heavy atom. The number of hydrogen-bond acceptors (Lipinski definition) is 3. The fourth-order valence-electron chi connectivity index (χ4n) is 1.84. The molecule has 1 aromatic carbocycles. The minimum atomic E-state index is 0.547. The van der Waals surface area contributed by atoms with Gasteiger partial charge in [0.05, 0.1) is 6.54 Å². The van der Waals surface area contributed by atoms with E-state index in [9.17, 15) is 0 Å². The van der Waals surface area contributed by atoms with E-state index in [1.165, 1.54) is 11.3 Å². The molecule has 0 saturated heterocycles. The molecule has 0 aromatic heterocycles. The lowest BCUT2D eigenvalue weighted by molar-refractivity contribution is 0.666. The Labute approximate surface area is 77.7 Å². The standard InChI is InChI=1S/C10H13N3/c11-13-6-5-8-7-12-10-4-2-1-3-9(8)10/h1-4,8,11-12H,5-7H2. The molecule has 3 nitrogen and oxygen atoms in total. The monoisotopic (exact) mass is 175 g/mol. The highest BCUT2D eigenvalue weighted by Crippen LogP contribution is 2.32. The van der Waals surface area contributed by atoms with Gasteiger partial charge in [-0.15, -0.1) is 0 Å². The van der Waals surface area contributed by atoms with Crippen LogP contribution in [0, 0.1) is 5.53 Å². The molecule has 0 fully saturated rings. The van der Waals surface area contributed by atoms with Crippen molar-refractivity contribution in [2.45, 2.75) is 12.3 Å². The topological polar surface area (TPSA) is 48.2 Å². The van der Waals surface area contributed by atoms with Crippen LogP contribution in [-0.2, 0) is 0 Å². The van der Waals surface area contributed by atoms with Crippen LogP contribution in [0.2, 0.25) is 0 Å². The van der Waals surface area contributed by atoms with Crippen LogP contribution in [0.5, 0.6) is 0 Å². The minimum absolute atomic E-state index is 0.547. The molecule has 0 saturated carbocycles. The average Bonchev–Trinajstić information content (AvgIpc) is 2.58. The Hall–Kier alpha value is -1.38. The number of hydrogen-bond donors (Lipinski definition) is 2. The van der Waals surface area contributed by atoms with Crippen LogP contribution in [-0.4, -0.2) is 13.1 Å². The van der Waals surface area contributed by atoms with Gasteiger partial charge in [-0.2, -0.15) is 5.11 Å². The smallest absolute Gasteiger partial charge is 0.0602 e. The third-order valence-corrected chi connectivity index (χ3v) is 2.53. The van der Waals surface area contributed by atoms with E-state index >= 15 is 0 Å². The zero-order chi connectivity index (χ0) is 9.10. The summed E-state index contributed by atoms with van der Waals surface area (Å²) < 4.78 is 0. The van der Waals surface area contributed by atoms with Gasteiger partial charge in [0.15, 0.2) is 0 Å². The molecule has 0 amide bonds. The van der Waals surface area contributed by atoms with Crippen LogP contribution in [0.3, 0.4) is 0 Å². The SMILES string of the molecule is N=NCCC1CNc2ccccc21. The van der Waals surface area contributed by atoms with Crippen LogP contribution >= 0.6 is 0 Å². The van der Waals surface area contributed by atoms with Crippen molar-refractivity contribution >= 4 is 5.69 Å². The molecule has 3 heteroatoms. The molecule has 1 aromatic rings. The van der Waals surface area contributed by atoms with E-state index in [0.29, 0.717) is 12.5 Å². The van der Waals surface area contributed by atoms with Crippen molar-refractivity contribution < 1.29 is 0 Å². The zero-order valence-corrected chi connectivity index (χ0v) is 7.46. The second-order valence-corrected chi connectivity index (χ2v) is 3.34. The van der Waals surface area contributed by atoms with Gasteiger partial charge in [-0.05, 0) is 18.1 Å². The molecule has 1 heterocycles. The molecule has 2 N–H and O–H groups in total. The number of rotatable bonds is 3. The summed E-state index contributed by atoms with van der Waals surface area (Å²) in [4.78, 5) is 0. The van der Waals surface area contributed by atoms with Crippen molar-refractivity contribution in [3.63, 3.8) is 0 Å². The van der Waals surface area contributed by atoms with E-state index in [1.54, 1.807) is 0 Å². The van der Waals surface area contributed by atoms with Gasteiger partial charge in [0.1, 0.15) is 0 Å². The van der Waals surface area contributed by atoms with Gasteiger partial charge in [-0.3, -0.25) is 0 Å². The Kier molecular flexibility index (Phi) is 2.25. The van der Waals surface area contributed by atoms with Crippen molar-refractivity contribution in [1.82, 2.24) is 0 Å². The van der Waals surface area contributed by atoms with E-state index in [-0.39, 0.29) is 0 Å². The van der Waals surface area contributed by atoms with E-state index in [1.807, 2.05) is 6.07 Å². The molecule has 0 radical (unpaired) electrons. The molecule has 1 aliphatic rings. The van der Waals surface area contributed by atoms with Gasteiger partial charge in [0.2, 0.25) is 0 Å². The molecule has 0 aliphatic carbocycles. The first-order valence-corrected chi connectivity index (χ1v) is 4.58. The number of benzene rings is 1. The highest BCUT2D eigenvalue weighted by atomic mass is 15.0. The van der Waals surface area contributed by atoms with Gasteiger partial charge in [0.25, 0.3) is 0 Å². The average molecular weight is 175 g/mol. The van der Waals surface area contributed by atoms with Crippen molar-refractivity contribution in [2.75, 3.05) is 18.4 Å². The minimum Gasteiger partial charge on any atom is -0.384 e. The van der Waals surface area contributed by atoms with Crippen molar-refractivity contribution in [3.8, 4) is 0 Å². The number of nitrogens with one attached hydrogen (secondary N) is 2. The molecule has 2 rings (SSSR count). The molecular formula is C10H13N3. The maximum Gasteiger partial charge on any atom is 0.0602 e. The fourth-order valence-corrected chi connectivity index (χ4v) is 1.84. The summed E-state index contributed by atoms with van der Waals surface area (Å²) in [6.07, 6.45) is 0.980. The van der Waals surface area contributed by atoms with Gasteiger partial charge >= 0.3 is 0 Å². The second kappa shape index (κ2) is 3.56. The second-order valence-electron chi connectivity index (χ2n) is 3.34. The summed E-state index contributed by atoms with van der Waals surface area (Å²) in [6.45, 7) is 1.63. The van der Waals surface area contributed by atoms with E-state index in [0.717, 1.165) is 13.0 Å². The Morgan fingerprint density at radius 2 is 2.31 bits per heavy atom. The third kappa shape index (κ3) is 1.54. The predicted octanol–water partition coefficient (Wildman–Crippen LogP) is 2.62. The highest BCUT2D eigenvalue weighted by molar-refractivity contribution is 5.57. The maximum atomic E-state index is 6.76. The van der Waals surface area contributed by atoms with E-state index in [2.05, 4.69) is 28.6 Å². The molecule has 68 valence electrons. The van der Waals surface area contributed by atoms with Gasteiger partial charge in [0, 0.05) is 18.2 Å². The molecular weight excluding hydrogens is 162 g/mol. The number of para-hydroxylation sites is 1. The van der Waals surface area contributed by atoms with Crippen LogP contribution < -0.4 is 5.32 Å². The van der Waals surface area contributed by atoms with Gasteiger partial charge in [-0.1, -0.05) is 18.2 Å². The van der Waals surface area contributed by atoms with E-state index in [4.69, 9.17) is 5.53 Å². The first-order valence-electron chi connectivity index (χ1n) is 4.58. The Bertz CT molecular complexity index is 309. The van der Waals surface area contributed by atoms with Crippen LogP contribution in [0.4, 0.5) is 5.69 Å². The number of anilines is 1. The lowest BCUT2D eigenvalue weighted by Gasteiger charge is -2.06. The van der Waals surface area contributed by atoms with Crippen LogP contribution in [0.25, 0.3) is 0 Å². The number of fused-ring (bicyclic) bond motifs is 1. The molecule has 1 atom stereocenters. The molecule has 0 bridgehead atoms. The normalized spacial score (nSPS) is 19.2. The Balaban J connectivity index is 2.13. The number of nitrogens with zero attached hydrogens (tertiary/aromatic N) is 1. The summed E-state index contributed by atoms with van der Waals surface area (Å²) >= 11 is 0. The lowest BCUT2D eigenvalue weighted by Crippen LogP contribution is -2.02.